The minimum absolute atomic E-state index is 0.0264. The molecule has 0 spiro atoms. The lowest BCUT2D eigenvalue weighted by atomic mass is 10.1. The third kappa shape index (κ3) is 2.97. The Morgan fingerprint density at radius 3 is 2.61 bits per heavy atom. The molecule has 4 nitrogen and oxygen atoms in total. The number of hydrogen-bond acceptors (Lipinski definition) is 2. The van der Waals surface area contributed by atoms with Gasteiger partial charge >= 0.3 is 0 Å². The maximum Gasteiger partial charge on any atom is 0.244 e. The molecule has 3 aromatic rings. The highest BCUT2D eigenvalue weighted by Crippen LogP contribution is 2.21. The van der Waals surface area contributed by atoms with Gasteiger partial charge in [0.25, 0.3) is 0 Å². The molecule has 1 heterocycles. The third-order valence-electron chi connectivity index (χ3n) is 4.26. The first-order valence-corrected chi connectivity index (χ1v) is 7.84. The van der Waals surface area contributed by atoms with Crippen molar-refractivity contribution in [3.8, 4) is 0 Å². The molecule has 0 radical (unpaired) electrons. The molecule has 1 unspecified atom stereocenters. The molecule has 1 N–H and O–H groups in total. The van der Waals surface area contributed by atoms with Crippen molar-refractivity contribution in [2.45, 2.75) is 33.4 Å². The summed E-state index contributed by atoms with van der Waals surface area (Å²) in [5.41, 5.74) is 4.25. The van der Waals surface area contributed by atoms with Crippen LogP contribution in [0.2, 0.25) is 0 Å². The fourth-order valence-corrected chi connectivity index (χ4v) is 2.79. The van der Waals surface area contributed by atoms with E-state index in [9.17, 15) is 4.79 Å². The predicted octanol–water partition coefficient (Wildman–Crippen LogP) is 3.53. The van der Waals surface area contributed by atoms with Gasteiger partial charge in [0, 0.05) is 11.9 Å². The summed E-state index contributed by atoms with van der Waals surface area (Å²) >= 11 is 0. The highest BCUT2D eigenvalue weighted by molar-refractivity contribution is 5.86. The molecule has 0 aliphatic rings. The second-order valence-corrected chi connectivity index (χ2v) is 5.87. The molecular formula is C19H21N3O. The fourth-order valence-electron chi connectivity index (χ4n) is 2.79. The van der Waals surface area contributed by atoms with Gasteiger partial charge in [0.05, 0.1) is 11.2 Å². The Labute approximate surface area is 136 Å². The minimum atomic E-state index is -0.349. The number of amides is 1. The van der Waals surface area contributed by atoms with Gasteiger partial charge in [-0.3, -0.25) is 9.48 Å². The SMILES string of the molecule is Cc1ccccc1CNC(=O)C(C)n1nc(C)c2ccccc21. The Balaban J connectivity index is 1.78. The molecule has 1 atom stereocenters. The zero-order chi connectivity index (χ0) is 16.4. The Kier molecular flexibility index (Phi) is 4.15. The zero-order valence-corrected chi connectivity index (χ0v) is 13.7. The Bertz CT molecular complexity index is 851. The topological polar surface area (TPSA) is 46.9 Å². The number of carbonyl (C=O) groups excluding carboxylic acids is 1. The van der Waals surface area contributed by atoms with Gasteiger partial charge in [-0.15, -0.1) is 0 Å². The van der Waals surface area contributed by atoms with Gasteiger partial charge in [0.2, 0.25) is 5.91 Å². The van der Waals surface area contributed by atoms with Crippen LogP contribution in [-0.2, 0) is 11.3 Å². The lowest BCUT2D eigenvalue weighted by molar-refractivity contribution is -0.124. The molecule has 0 bridgehead atoms. The standard InChI is InChI=1S/C19H21N3O/c1-13-8-4-5-9-16(13)12-20-19(23)15(3)22-18-11-7-6-10-17(18)14(2)21-22/h4-11,15H,12H2,1-3H3,(H,20,23). The molecule has 1 aromatic heterocycles. The molecular weight excluding hydrogens is 286 g/mol. The van der Waals surface area contributed by atoms with Gasteiger partial charge in [-0.25, -0.2) is 0 Å². The molecule has 4 heteroatoms. The highest BCUT2D eigenvalue weighted by Gasteiger charge is 2.19. The van der Waals surface area contributed by atoms with Crippen LogP contribution in [0.5, 0.6) is 0 Å². The van der Waals surface area contributed by atoms with E-state index in [4.69, 9.17) is 0 Å². The number of nitrogens with zero attached hydrogens (tertiary/aromatic N) is 2. The van der Waals surface area contributed by atoms with Crippen LogP contribution in [0.1, 0.15) is 29.8 Å². The van der Waals surface area contributed by atoms with E-state index in [1.807, 2.05) is 56.3 Å². The summed E-state index contributed by atoms with van der Waals surface area (Å²) in [7, 11) is 0. The first kappa shape index (κ1) is 15.3. The van der Waals surface area contributed by atoms with Crippen molar-refractivity contribution in [3.63, 3.8) is 0 Å². The van der Waals surface area contributed by atoms with Crippen LogP contribution >= 0.6 is 0 Å². The van der Waals surface area contributed by atoms with Crippen molar-refractivity contribution in [3.05, 3.63) is 65.4 Å². The number of aromatic nitrogens is 2. The average molecular weight is 307 g/mol. The number of rotatable bonds is 4. The number of para-hydroxylation sites is 1. The maximum atomic E-state index is 12.5. The van der Waals surface area contributed by atoms with Crippen LogP contribution in [0.3, 0.4) is 0 Å². The Morgan fingerprint density at radius 2 is 1.83 bits per heavy atom. The molecule has 3 rings (SSSR count). The van der Waals surface area contributed by atoms with E-state index < -0.39 is 0 Å². The minimum Gasteiger partial charge on any atom is -0.350 e. The van der Waals surface area contributed by atoms with Crippen LogP contribution in [0, 0.1) is 13.8 Å². The van der Waals surface area contributed by atoms with Crippen LogP contribution in [0.4, 0.5) is 0 Å². The molecule has 2 aromatic carbocycles. The maximum absolute atomic E-state index is 12.5. The van der Waals surface area contributed by atoms with E-state index in [2.05, 4.69) is 23.4 Å². The molecule has 1 amide bonds. The molecule has 0 saturated heterocycles. The smallest absolute Gasteiger partial charge is 0.244 e. The summed E-state index contributed by atoms with van der Waals surface area (Å²) in [6.07, 6.45) is 0. The van der Waals surface area contributed by atoms with Crippen molar-refractivity contribution in [2.24, 2.45) is 0 Å². The van der Waals surface area contributed by atoms with Crippen molar-refractivity contribution in [1.29, 1.82) is 0 Å². The predicted molar refractivity (Wildman–Crippen MR) is 92.2 cm³/mol. The van der Waals surface area contributed by atoms with E-state index in [0.717, 1.165) is 22.2 Å². The number of carbonyl (C=O) groups is 1. The second-order valence-electron chi connectivity index (χ2n) is 5.87. The normalized spacial score (nSPS) is 12.3. The largest absolute Gasteiger partial charge is 0.350 e. The van der Waals surface area contributed by atoms with Crippen molar-refractivity contribution in [2.75, 3.05) is 0 Å². The summed E-state index contributed by atoms with van der Waals surface area (Å²) in [6.45, 7) is 6.44. The molecule has 0 aliphatic carbocycles. The molecule has 23 heavy (non-hydrogen) atoms. The van der Waals surface area contributed by atoms with Crippen molar-refractivity contribution >= 4 is 16.8 Å². The van der Waals surface area contributed by atoms with Gasteiger partial charge in [0.1, 0.15) is 6.04 Å². The number of aryl methyl sites for hydroxylation is 2. The molecule has 118 valence electrons. The molecule has 0 aliphatic heterocycles. The monoisotopic (exact) mass is 307 g/mol. The van der Waals surface area contributed by atoms with Crippen LogP contribution in [0.15, 0.2) is 48.5 Å². The highest BCUT2D eigenvalue weighted by atomic mass is 16.2. The van der Waals surface area contributed by atoms with E-state index in [1.165, 1.54) is 5.56 Å². The van der Waals surface area contributed by atoms with E-state index in [-0.39, 0.29) is 11.9 Å². The van der Waals surface area contributed by atoms with E-state index in [1.54, 1.807) is 4.68 Å². The lowest BCUT2D eigenvalue weighted by Crippen LogP contribution is -2.31. The Hall–Kier alpha value is -2.62. The first-order valence-electron chi connectivity index (χ1n) is 7.84. The molecule has 0 saturated carbocycles. The molecule has 0 fully saturated rings. The number of fused-ring (bicyclic) bond motifs is 1. The number of hydrogen-bond donors (Lipinski definition) is 1. The van der Waals surface area contributed by atoms with Gasteiger partial charge in [-0.05, 0) is 38.0 Å². The quantitative estimate of drug-likeness (QED) is 0.801. The van der Waals surface area contributed by atoms with Gasteiger partial charge in [-0.1, -0.05) is 42.5 Å². The fraction of sp³-hybridized carbons (Fsp3) is 0.263. The zero-order valence-electron chi connectivity index (χ0n) is 13.7. The summed E-state index contributed by atoms with van der Waals surface area (Å²) in [4.78, 5) is 12.5. The van der Waals surface area contributed by atoms with Gasteiger partial charge in [0.15, 0.2) is 0 Å². The van der Waals surface area contributed by atoms with Crippen molar-refractivity contribution < 1.29 is 4.79 Å². The van der Waals surface area contributed by atoms with Crippen LogP contribution < -0.4 is 5.32 Å². The second kappa shape index (κ2) is 6.24. The Morgan fingerprint density at radius 1 is 1.13 bits per heavy atom. The lowest BCUT2D eigenvalue weighted by Gasteiger charge is -2.14. The third-order valence-corrected chi connectivity index (χ3v) is 4.26. The number of nitrogens with one attached hydrogen (secondary N) is 1. The van der Waals surface area contributed by atoms with Gasteiger partial charge in [-0.2, -0.15) is 5.10 Å². The summed E-state index contributed by atoms with van der Waals surface area (Å²) in [6, 6.07) is 15.7. The van der Waals surface area contributed by atoms with E-state index >= 15 is 0 Å². The van der Waals surface area contributed by atoms with E-state index in [0.29, 0.717) is 6.54 Å². The average Bonchev–Trinajstić information content (AvgIpc) is 2.90. The van der Waals surface area contributed by atoms with Crippen LogP contribution in [-0.4, -0.2) is 15.7 Å². The summed E-state index contributed by atoms with van der Waals surface area (Å²) < 4.78 is 1.80. The number of benzene rings is 2. The summed E-state index contributed by atoms with van der Waals surface area (Å²) in [5, 5.41) is 8.64. The summed E-state index contributed by atoms with van der Waals surface area (Å²) in [5.74, 6) is -0.0264. The van der Waals surface area contributed by atoms with Gasteiger partial charge < -0.3 is 5.32 Å². The first-order chi connectivity index (χ1) is 11.1. The van der Waals surface area contributed by atoms with Crippen molar-refractivity contribution in [1.82, 2.24) is 15.1 Å². The van der Waals surface area contributed by atoms with Crippen LogP contribution in [0.25, 0.3) is 10.9 Å².